The van der Waals surface area contributed by atoms with Crippen LogP contribution in [0.3, 0.4) is 0 Å². The highest BCUT2D eigenvalue weighted by Gasteiger charge is 2.22. The lowest BCUT2D eigenvalue weighted by molar-refractivity contribution is 0.288. The van der Waals surface area contributed by atoms with Gasteiger partial charge in [-0.3, -0.25) is 0 Å². The molecule has 4 rings (SSSR count). The molecule has 0 unspecified atom stereocenters. The monoisotopic (exact) mass is 456 g/mol. The fourth-order valence-corrected chi connectivity index (χ4v) is 4.25. The summed E-state index contributed by atoms with van der Waals surface area (Å²) in [6.07, 6.45) is 8.67. The van der Waals surface area contributed by atoms with Gasteiger partial charge in [0, 0.05) is 35.4 Å². The van der Waals surface area contributed by atoms with Crippen molar-refractivity contribution < 1.29 is 0 Å². The zero-order valence-electron chi connectivity index (χ0n) is 16.9. The molecule has 0 aliphatic heterocycles. The van der Waals surface area contributed by atoms with E-state index >= 15 is 0 Å². The number of anilines is 1. The van der Waals surface area contributed by atoms with Gasteiger partial charge in [-0.1, -0.05) is 41.4 Å². The summed E-state index contributed by atoms with van der Waals surface area (Å²) >= 11 is 3.51. The van der Waals surface area contributed by atoms with Crippen LogP contribution in [0.2, 0.25) is 0 Å². The Bertz CT molecular complexity index is 944. The molecule has 0 radical (unpaired) electrons. The third-order valence-corrected chi connectivity index (χ3v) is 6.27. The minimum atomic E-state index is 0.357. The summed E-state index contributed by atoms with van der Waals surface area (Å²) in [5, 5.41) is 9.33. The molecule has 2 heterocycles. The highest BCUT2D eigenvalue weighted by atomic mass is 79.9. The molecule has 2 aromatic heterocycles. The average molecular weight is 457 g/mol. The van der Waals surface area contributed by atoms with Gasteiger partial charge < -0.3 is 11.1 Å². The van der Waals surface area contributed by atoms with Gasteiger partial charge in [0.1, 0.15) is 5.69 Å². The summed E-state index contributed by atoms with van der Waals surface area (Å²) in [7, 11) is 0. The van der Waals surface area contributed by atoms with Crippen molar-refractivity contribution in [1.82, 2.24) is 19.7 Å². The number of hydrogen-bond acceptors (Lipinski definition) is 5. The molecule has 1 aliphatic carbocycles. The van der Waals surface area contributed by atoms with E-state index in [1.165, 1.54) is 0 Å². The highest BCUT2D eigenvalue weighted by molar-refractivity contribution is 9.10. The molecule has 0 saturated heterocycles. The maximum absolute atomic E-state index is 6.10. The van der Waals surface area contributed by atoms with E-state index < -0.39 is 0 Å². The van der Waals surface area contributed by atoms with Crippen LogP contribution < -0.4 is 11.1 Å². The number of nitrogens with one attached hydrogen (secondary N) is 1. The Kier molecular flexibility index (Phi) is 6.45. The second-order valence-corrected chi connectivity index (χ2v) is 8.95. The third-order valence-electron chi connectivity index (χ3n) is 5.74. The number of hydrogen-bond donors (Lipinski definition) is 2. The fourth-order valence-electron chi connectivity index (χ4n) is 3.98. The Labute approximate surface area is 180 Å². The lowest BCUT2D eigenvalue weighted by atomic mass is 9.86. The molecule has 3 N–H and O–H groups in total. The first kappa shape index (κ1) is 20.3. The molecule has 0 bridgehead atoms. The summed E-state index contributed by atoms with van der Waals surface area (Å²) in [5.41, 5.74) is 9.03. The number of aromatic nitrogens is 4. The molecule has 6 nitrogen and oxygen atoms in total. The number of fused-ring (bicyclic) bond motifs is 1. The standard InChI is InChI=1S/C22H29BrN6/c1-2-3-12-25-22-26-13-19-20(16-6-8-17(23)9-7-16)28-29(21(19)27-22)14-15-4-10-18(24)11-5-15/h6-9,13,15,18H,2-5,10-12,14,24H2,1H3,(H,25,26,27). The molecule has 0 spiro atoms. The maximum atomic E-state index is 6.10. The molecular weight excluding hydrogens is 428 g/mol. The van der Waals surface area contributed by atoms with Crippen LogP contribution in [0.15, 0.2) is 34.9 Å². The van der Waals surface area contributed by atoms with Crippen molar-refractivity contribution in [3.63, 3.8) is 0 Å². The number of benzene rings is 1. The third kappa shape index (κ3) is 4.78. The lowest BCUT2D eigenvalue weighted by Crippen LogP contribution is -2.28. The van der Waals surface area contributed by atoms with Crippen molar-refractivity contribution >= 4 is 32.9 Å². The summed E-state index contributed by atoms with van der Waals surface area (Å²) in [5.74, 6) is 1.28. The molecule has 29 heavy (non-hydrogen) atoms. The number of nitrogens with zero attached hydrogens (tertiary/aromatic N) is 4. The molecule has 1 aromatic carbocycles. The van der Waals surface area contributed by atoms with Crippen LogP contribution in [-0.4, -0.2) is 32.3 Å². The van der Waals surface area contributed by atoms with Crippen molar-refractivity contribution in [2.45, 2.75) is 58.0 Å². The van der Waals surface area contributed by atoms with E-state index in [4.69, 9.17) is 15.8 Å². The predicted molar refractivity (Wildman–Crippen MR) is 122 cm³/mol. The fraction of sp³-hybridized carbons (Fsp3) is 0.500. The van der Waals surface area contributed by atoms with E-state index in [2.05, 4.69) is 50.0 Å². The van der Waals surface area contributed by atoms with Crippen LogP contribution in [0.4, 0.5) is 5.95 Å². The summed E-state index contributed by atoms with van der Waals surface area (Å²) in [6, 6.07) is 8.62. The first-order valence-corrected chi connectivity index (χ1v) is 11.4. The molecule has 154 valence electrons. The summed E-state index contributed by atoms with van der Waals surface area (Å²) in [4.78, 5) is 9.39. The van der Waals surface area contributed by atoms with Crippen LogP contribution in [-0.2, 0) is 6.54 Å². The number of rotatable bonds is 7. The molecule has 7 heteroatoms. The smallest absolute Gasteiger partial charge is 0.224 e. The van der Waals surface area contributed by atoms with Gasteiger partial charge in [0.25, 0.3) is 0 Å². The van der Waals surface area contributed by atoms with E-state index in [1.54, 1.807) is 0 Å². The van der Waals surface area contributed by atoms with Gasteiger partial charge in [0.05, 0.1) is 5.39 Å². The minimum Gasteiger partial charge on any atom is -0.354 e. The van der Waals surface area contributed by atoms with Crippen LogP contribution in [0.5, 0.6) is 0 Å². The summed E-state index contributed by atoms with van der Waals surface area (Å²) < 4.78 is 3.14. The van der Waals surface area contributed by atoms with Crippen molar-refractivity contribution in [3.8, 4) is 11.3 Å². The lowest BCUT2D eigenvalue weighted by Gasteiger charge is -2.25. The van der Waals surface area contributed by atoms with Crippen LogP contribution >= 0.6 is 15.9 Å². The molecule has 1 saturated carbocycles. The van der Waals surface area contributed by atoms with Gasteiger partial charge in [-0.25, -0.2) is 9.67 Å². The van der Waals surface area contributed by atoms with Crippen molar-refractivity contribution in [2.24, 2.45) is 11.7 Å². The second kappa shape index (κ2) is 9.22. The van der Waals surface area contributed by atoms with E-state index in [0.29, 0.717) is 17.9 Å². The molecular formula is C22H29BrN6. The molecule has 0 amide bonds. The zero-order valence-corrected chi connectivity index (χ0v) is 18.5. The largest absolute Gasteiger partial charge is 0.354 e. The van der Waals surface area contributed by atoms with E-state index in [1.807, 2.05) is 18.3 Å². The normalized spacial score (nSPS) is 19.6. The number of halogens is 1. The topological polar surface area (TPSA) is 81.7 Å². The van der Waals surface area contributed by atoms with E-state index in [-0.39, 0.29) is 0 Å². The molecule has 3 aromatic rings. The number of unbranched alkanes of at least 4 members (excludes halogenated alkanes) is 1. The van der Waals surface area contributed by atoms with Gasteiger partial charge in [-0.2, -0.15) is 10.1 Å². The van der Waals surface area contributed by atoms with Gasteiger partial charge in [-0.15, -0.1) is 0 Å². The van der Waals surface area contributed by atoms with Gasteiger partial charge >= 0.3 is 0 Å². The number of nitrogens with two attached hydrogens (primary N) is 1. The van der Waals surface area contributed by atoms with Crippen molar-refractivity contribution in [2.75, 3.05) is 11.9 Å². The Hall–Kier alpha value is -1.99. The maximum Gasteiger partial charge on any atom is 0.224 e. The first-order chi connectivity index (χ1) is 14.1. The first-order valence-electron chi connectivity index (χ1n) is 10.6. The van der Waals surface area contributed by atoms with Gasteiger partial charge in [0.2, 0.25) is 5.95 Å². The van der Waals surface area contributed by atoms with Crippen LogP contribution in [0.25, 0.3) is 22.3 Å². The Balaban J connectivity index is 1.68. The zero-order chi connectivity index (χ0) is 20.2. The van der Waals surface area contributed by atoms with Crippen LogP contribution in [0.1, 0.15) is 45.4 Å². The van der Waals surface area contributed by atoms with Crippen LogP contribution in [0, 0.1) is 5.92 Å². The summed E-state index contributed by atoms with van der Waals surface area (Å²) in [6.45, 7) is 3.95. The SMILES string of the molecule is CCCCNc1ncc2c(-c3ccc(Br)cc3)nn(CC3CCC(N)CC3)c2n1. The van der Waals surface area contributed by atoms with E-state index in [0.717, 1.165) is 78.4 Å². The Morgan fingerprint density at radius 3 is 2.66 bits per heavy atom. The molecule has 1 fully saturated rings. The van der Waals surface area contributed by atoms with Crippen molar-refractivity contribution in [1.29, 1.82) is 0 Å². The predicted octanol–water partition coefficient (Wildman–Crippen LogP) is 4.99. The van der Waals surface area contributed by atoms with Gasteiger partial charge in [-0.05, 0) is 50.2 Å². The van der Waals surface area contributed by atoms with E-state index in [9.17, 15) is 0 Å². The Morgan fingerprint density at radius 2 is 1.93 bits per heavy atom. The van der Waals surface area contributed by atoms with Crippen molar-refractivity contribution in [3.05, 3.63) is 34.9 Å². The molecule has 1 aliphatic rings. The highest BCUT2D eigenvalue weighted by Crippen LogP contribution is 2.31. The average Bonchev–Trinajstić information content (AvgIpc) is 3.08. The van der Waals surface area contributed by atoms with Gasteiger partial charge in [0.15, 0.2) is 5.65 Å². The quantitative estimate of drug-likeness (QED) is 0.489. The molecule has 0 atom stereocenters. The second-order valence-electron chi connectivity index (χ2n) is 8.03. The minimum absolute atomic E-state index is 0.357. The Morgan fingerprint density at radius 1 is 1.17 bits per heavy atom.